The van der Waals surface area contributed by atoms with Gasteiger partial charge >= 0.3 is 5.79 Å². The molecule has 256 valence electrons. The summed E-state index contributed by atoms with van der Waals surface area (Å²) in [6.07, 6.45) is 2.15. The predicted molar refractivity (Wildman–Crippen MR) is 204 cm³/mol. The Hall–Kier alpha value is -4.88. The Morgan fingerprint density at radius 2 is 1.33 bits per heavy atom. The van der Waals surface area contributed by atoms with Crippen LogP contribution < -0.4 is 0 Å². The molecule has 3 heterocycles. The first-order chi connectivity index (χ1) is 24.7. The molecule has 0 radical (unpaired) electrons. The van der Waals surface area contributed by atoms with Crippen molar-refractivity contribution < 1.29 is 14.4 Å². The highest BCUT2D eigenvalue weighted by Gasteiger charge is 2.74. The Morgan fingerprint density at radius 1 is 0.725 bits per heavy atom. The zero-order valence-corrected chi connectivity index (χ0v) is 30.1. The average Bonchev–Trinajstić information content (AvgIpc) is 3.77. The quantitative estimate of drug-likeness (QED) is 0.176. The van der Waals surface area contributed by atoms with Crippen LogP contribution in [-0.2, 0) is 14.4 Å². The summed E-state index contributed by atoms with van der Waals surface area (Å²) in [5, 5.41) is 10.9. The van der Waals surface area contributed by atoms with E-state index in [1.807, 2.05) is 54.6 Å². The number of rotatable bonds is 6. The minimum absolute atomic E-state index is 0.0155. The molecule has 2 spiro atoms. The fraction of sp³-hybridized carbons (Fsp3) is 0.209. The Labute approximate surface area is 308 Å². The van der Waals surface area contributed by atoms with Crippen LogP contribution in [0.4, 0.5) is 0 Å². The minimum atomic E-state index is -1.51. The Kier molecular flexibility index (Phi) is 8.71. The van der Waals surface area contributed by atoms with Gasteiger partial charge in [0.15, 0.2) is 0 Å². The summed E-state index contributed by atoms with van der Waals surface area (Å²) in [5.74, 6) is -1.60. The number of ether oxygens (including phenoxy) is 1. The lowest BCUT2D eigenvalue weighted by Gasteiger charge is -2.52. The molecule has 1 unspecified atom stereocenters. The number of likely N-dealkylation sites (tertiary alicyclic amines) is 1. The summed E-state index contributed by atoms with van der Waals surface area (Å²) in [6, 6.07) is 42.7. The van der Waals surface area contributed by atoms with Gasteiger partial charge in [0, 0.05) is 39.3 Å². The van der Waals surface area contributed by atoms with Crippen molar-refractivity contribution in [2.24, 2.45) is 10.3 Å². The van der Waals surface area contributed by atoms with Gasteiger partial charge in [0.1, 0.15) is 0 Å². The second-order valence-electron chi connectivity index (χ2n) is 13.6. The van der Waals surface area contributed by atoms with Gasteiger partial charge in [-0.25, -0.2) is 0 Å². The molecule has 0 bridgehead atoms. The topological polar surface area (TPSA) is 55.7 Å². The smallest absolute Gasteiger partial charge is 0.346 e. The fourth-order valence-corrected chi connectivity index (χ4v) is 7.65. The van der Waals surface area contributed by atoms with Crippen LogP contribution in [0.5, 0.6) is 0 Å². The first-order valence-corrected chi connectivity index (χ1v) is 17.9. The zero-order valence-electron chi connectivity index (χ0n) is 28.6. The number of nitrogens with zero attached hydrogens (tertiary/aromatic N) is 3. The van der Waals surface area contributed by atoms with Crippen LogP contribution in [0.1, 0.15) is 57.8 Å². The zero-order chi connectivity index (χ0) is 35.2. The molecule has 0 amide bonds. The third kappa shape index (κ3) is 6.01. The highest BCUT2D eigenvalue weighted by Crippen LogP contribution is 2.57. The van der Waals surface area contributed by atoms with E-state index in [4.69, 9.17) is 42.8 Å². The normalized spacial score (nSPS) is 24.2. The Morgan fingerprint density at radius 3 is 1.98 bits per heavy atom. The van der Waals surface area contributed by atoms with Crippen LogP contribution in [0, 0.1) is 13.8 Å². The SMILES string of the molecule is Cc1ccc(/C=C2/CN([C@H](C)c3ccccc3)CC3(ON=C(c4ccc(Cl)cc4)[C@H]3c3ccc(C)cc3)[C@@]23ON=C(c2ccc(Cl)cc2)O3)cc1. The molecule has 3 aliphatic rings. The maximum atomic E-state index is 7.15. The molecule has 0 aliphatic carbocycles. The van der Waals surface area contributed by atoms with Gasteiger partial charge in [0.2, 0.25) is 5.60 Å². The third-order valence-electron chi connectivity index (χ3n) is 10.2. The number of benzene rings is 5. The molecule has 0 N–H and O–H groups in total. The molecule has 0 saturated carbocycles. The number of oxime groups is 2. The predicted octanol–water partition coefficient (Wildman–Crippen LogP) is 10.1. The average molecular weight is 715 g/mol. The van der Waals surface area contributed by atoms with E-state index >= 15 is 0 Å². The number of hydrogen-bond acceptors (Lipinski definition) is 6. The molecule has 51 heavy (non-hydrogen) atoms. The fourth-order valence-electron chi connectivity index (χ4n) is 7.40. The van der Waals surface area contributed by atoms with Gasteiger partial charge in [-0.2, -0.15) is 0 Å². The second-order valence-corrected chi connectivity index (χ2v) is 14.5. The van der Waals surface area contributed by atoms with Gasteiger partial charge in [0.25, 0.3) is 5.90 Å². The van der Waals surface area contributed by atoms with E-state index in [9.17, 15) is 0 Å². The molecule has 1 saturated heterocycles. The van der Waals surface area contributed by atoms with Crippen molar-refractivity contribution in [2.45, 2.75) is 44.1 Å². The summed E-state index contributed by atoms with van der Waals surface area (Å²) >= 11 is 12.7. The first kappa shape index (κ1) is 33.3. The van der Waals surface area contributed by atoms with E-state index in [0.29, 0.717) is 29.0 Å². The number of halogens is 2. The van der Waals surface area contributed by atoms with Gasteiger partial charge in [-0.15, -0.1) is 0 Å². The lowest BCUT2D eigenvalue weighted by molar-refractivity contribution is -0.279. The highest BCUT2D eigenvalue weighted by molar-refractivity contribution is 6.31. The number of aryl methyl sites for hydroxylation is 2. The Bertz CT molecular complexity index is 2130. The van der Waals surface area contributed by atoms with E-state index in [1.165, 1.54) is 11.1 Å². The highest BCUT2D eigenvalue weighted by atomic mass is 35.5. The largest absolute Gasteiger partial charge is 0.422 e. The second kappa shape index (κ2) is 13.3. The van der Waals surface area contributed by atoms with E-state index in [2.05, 4.69) is 110 Å². The van der Waals surface area contributed by atoms with Crippen molar-refractivity contribution in [2.75, 3.05) is 13.1 Å². The minimum Gasteiger partial charge on any atom is -0.422 e. The summed E-state index contributed by atoms with van der Waals surface area (Å²) in [7, 11) is 0. The summed E-state index contributed by atoms with van der Waals surface area (Å²) in [6.45, 7) is 7.34. The van der Waals surface area contributed by atoms with E-state index < -0.39 is 17.3 Å². The summed E-state index contributed by atoms with van der Waals surface area (Å²) in [4.78, 5) is 16.1. The van der Waals surface area contributed by atoms with Gasteiger partial charge < -0.3 is 14.4 Å². The van der Waals surface area contributed by atoms with Crippen molar-refractivity contribution in [3.8, 4) is 0 Å². The van der Waals surface area contributed by atoms with Crippen LogP contribution in [-0.4, -0.2) is 41.0 Å². The van der Waals surface area contributed by atoms with Gasteiger partial charge in [-0.05, 0) is 85.1 Å². The van der Waals surface area contributed by atoms with Gasteiger partial charge in [0.05, 0.1) is 18.2 Å². The molecule has 3 aliphatic heterocycles. The number of piperidine rings is 1. The number of fused-ring (bicyclic) bond motifs is 1. The number of hydrogen-bond donors (Lipinski definition) is 0. The molecular weight excluding hydrogens is 677 g/mol. The standard InChI is InChI=1S/C43H37Cl2N3O3/c1-28-9-13-31(14-10-28)25-36-26-48(30(3)32-7-5-4-6-8-32)27-42(43(36)49-41(47-51-43)35-19-23-38(45)24-20-35)39(33-15-11-29(2)12-16-33)40(46-50-42)34-17-21-37(44)22-18-34/h4-25,30,39H,26-27H2,1-3H3/b36-25-/t30-,39-,42?,43+/m1/s1. The molecule has 8 rings (SSSR count). The lowest BCUT2D eigenvalue weighted by atomic mass is 9.68. The monoisotopic (exact) mass is 713 g/mol. The summed E-state index contributed by atoms with van der Waals surface area (Å²) in [5.41, 5.74) is 7.54. The first-order valence-electron chi connectivity index (χ1n) is 17.1. The molecule has 5 aromatic carbocycles. The van der Waals surface area contributed by atoms with Gasteiger partial charge in [-0.1, -0.05) is 130 Å². The van der Waals surface area contributed by atoms with Crippen LogP contribution >= 0.6 is 23.2 Å². The molecule has 4 atom stereocenters. The summed E-state index contributed by atoms with van der Waals surface area (Å²) < 4.78 is 7.15. The third-order valence-corrected chi connectivity index (χ3v) is 10.7. The van der Waals surface area contributed by atoms with Crippen LogP contribution in [0.3, 0.4) is 0 Å². The maximum absolute atomic E-state index is 7.15. The molecule has 1 fully saturated rings. The van der Waals surface area contributed by atoms with Crippen LogP contribution in [0.2, 0.25) is 10.0 Å². The van der Waals surface area contributed by atoms with Crippen molar-refractivity contribution in [3.63, 3.8) is 0 Å². The van der Waals surface area contributed by atoms with E-state index in [-0.39, 0.29) is 6.04 Å². The van der Waals surface area contributed by atoms with E-state index in [1.54, 1.807) is 0 Å². The van der Waals surface area contributed by atoms with Crippen LogP contribution in [0.15, 0.2) is 143 Å². The molecule has 0 aromatic heterocycles. The van der Waals surface area contributed by atoms with E-state index in [0.717, 1.165) is 39.1 Å². The van der Waals surface area contributed by atoms with Crippen LogP contribution in [0.25, 0.3) is 6.08 Å². The Balaban J connectivity index is 1.36. The van der Waals surface area contributed by atoms with Crippen molar-refractivity contribution in [1.82, 2.24) is 4.90 Å². The molecule has 5 aromatic rings. The van der Waals surface area contributed by atoms with Crippen molar-refractivity contribution >= 4 is 40.9 Å². The molecule has 6 nitrogen and oxygen atoms in total. The molecular formula is C43H37Cl2N3O3. The lowest BCUT2D eigenvalue weighted by Crippen LogP contribution is -2.69. The van der Waals surface area contributed by atoms with Gasteiger partial charge in [-0.3, -0.25) is 4.90 Å². The van der Waals surface area contributed by atoms with Crippen molar-refractivity contribution in [1.29, 1.82) is 0 Å². The maximum Gasteiger partial charge on any atom is 0.346 e. The van der Waals surface area contributed by atoms with Crippen molar-refractivity contribution in [3.05, 3.63) is 182 Å². The molecule has 8 heteroatoms.